The quantitative estimate of drug-likeness (QED) is 0.461. The van der Waals surface area contributed by atoms with Gasteiger partial charge < -0.3 is 9.80 Å². The van der Waals surface area contributed by atoms with Crippen molar-refractivity contribution in [3.63, 3.8) is 0 Å². The molecule has 0 N–H and O–H groups in total. The number of fused-ring (bicyclic) bond motifs is 1. The van der Waals surface area contributed by atoms with Crippen molar-refractivity contribution in [3.05, 3.63) is 88.8 Å². The first kappa shape index (κ1) is 19.8. The van der Waals surface area contributed by atoms with Crippen molar-refractivity contribution in [1.29, 1.82) is 0 Å². The van der Waals surface area contributed by atoms with Gasteiger partial charge in [-0.3, -0.25) is 4.98 Å². The second-order valence-corrected chi connectivity index (χ2v) is 8.40. The van der Waals surface area contributed by atoms with Crippen LogP contribution in [0.4, 0.5) is 11.5 Å². The molecule has 2 aromatic heterocycles. The minimum Gasteiger partial charge on any atom is -0.368 e. The highest BCUT2D eigenvalue weighted by atomic mass is 35.5. The zero-order valence-electron chi connectivity index (χ0n) is 17.5. The highest BCUT2D eigenvalue weighted by Crippen LogP contribution is 2.30. The average Bonchev–Trinajstić information content (AvgIpc) is 2.82. The molecule has 156 valence electrons. The van der Waals surface area contributed by atoms with Crippen LogP contribution in [0.3, 0.4) is 0 Å². The van der Waals surface area contributed by atoms with Gasteiger partial charge in [0.05, 0.1) is 5.69 Å². The predicted octanol–water partition coefficient (Wildman–Crippen LogP) is 4.90. The number of pyridine rings is 1. The van der Waals surface area contributed by atoms with Crippen LogP contribution >= 0.6 is 11.6 Å². The van der Waals surface area contributed by atoms with Gasteiger partial charge in [0.15, 0.2) is 5.82 Å². The van der Waals surface area contributed by atoms with E-state index in [0.717, 1.165) is 65.5 Å². The molecular formula is C25H24ClN5. The van der Waals surface area contributed by atoms with Crippen molar-refractivity contribution in [2.75, 3.05) is 36.0 Å². The Kier molecular flexibility index (Phi) is 5.43. The number of benzene rings is 2. The summed E-state index contributed by atoms with van der Waals surface area (Å²) in [4.78, 5) is 8.98. The van der Waals surface area contributed by atoms with Crippen molar-refractivity contribution in [2.45, 2.75) is 13.3 Å². The number of anilines is 2. The lowest BCUT2D eigenvalue weighted by Crippen LogP contribution is -2.47. The maximum atomic E-state index is 6.24. The SMILES string of the molecule is Cc1ccc(Cl)cc1N1CCN(c2nnc(Cc3cccnc3)c3ccccc23)CC1. The minimum atomic E-state index is 0.726. The molecular weight excluding hydrogens is 406 g/mol. The molecule has 0 bridgehead atoms. The first-order valence-corrected chi connectivity index (χ1v) is 11.0. The van der Waals surface area contributed by atoms with E-state index in [2.05, 4.69) is 74.4 Å². The number of hydrogen-bond donors (Lipinski definition) is 0. The first-order valence-electron chi connectivity index (χ1n) is 10.6. The number of nitrogens with zero attached hydrogens (tertiary/aromatic N) is 5. The van der Waals surface area contributed by atoms with Gasteiger partial charge in [0.2, 0.25) is 0 Å². The van der Waals surface area contributed by atoms with Crippen LogP contribution in [0.1, 0.15) is 16.8 Å². The molecule has 6 heteroatoms. The zero-order valence-corrected chi connectivity index (χ0v) is 18.3. The summed E-state index contributed by atoms with van der Waals surface area (Å²) in [6.07, 6.45) is 4.41. The van der Waals surface area contributed by atoms with Gasteiger partial charge in [-0.05, 0) is 36.2 Å². The Hall–Kier alpha value is -3.18. The van der Waals surface area contributed by atoms with E-state index in [4.69, 9.17) is 11.6 Å². The Bertz CT molecular complexity index is 1200. The summed E-state index contributed by atoms with van der Waals surface area (Å²) in [5, 5.41) is 12.4. The number of aromatic nitrogens is 3. The topological polar surface area (TPSA) is 45.2 Å². The molecule has 0 spiro atoms. The van der Waals surface area contributed by atoms with Crippen LogP contribution in [0.5, 0.6) is 0 Å². The summed E-state index contributed by atoms with van der Waals surface area (Å²) in [5.74, 6) is 0.966. The fraction of sp³-hybridized carbons (Fsp3) is 0.240. The Morgan fingerprint density at radius 3 is 2.42 bits per heavy atom. The maximum Gasteiger partial charge on any atom is 0.159 e. The van der Waals surface area contributed by atoms with Crippen molar-refractivity contribution in [2.24, 2.45) is 0 Å². The summed E-state index contributed by atoms with van der Waals surface area (Å²) in [6, 6.07) is 18.6. The van der Waals surface area contributed by atoms with Crippen LogP contribution in [0.2, 0.25) is 5.02 Å². The molecule has 5 rings (SSSR count). The van der Waals surface area contributed by atoms with E-state index >= 15 is 0 Å². The summed E-state index contributed by atoms with van der Waals surface area (Å²) >= 11 is 6.24. The third-order valence-corrected chi connectivity index (χ3v) is 6.16. The number of aryl methyl sites for hydroxylation is 1. The fourth-order valence-electron chi connectivity index (χ4n) is 4.29. The van der Waals surface area contributed by atoms with Crippen molar-refractivity contribution in [1.82, 2.24) is 15.2 Å². The van der Waals surface area contributed by atoms with Crippen LogP contribution in [0, 0.1) is 6.92 Å². The van der Waals surface area contributed by atoms with E-state index in [0.29, 0.717) is 0 Å². The third kappa shape index (κ3) is 4.06. The molecule has 2 aromatic carbocycles. The van der Waals surface area contributed by atoms with Gasteiger partial charge in [-0.15, -0.1) is 5.10 Å². The normalized spacial score (nSPS) is 14.3. The molecule has 1 aliphatic heterocycles. The Balaban J connectivity index is 1.40. The molecule has 1 aliphatic rings. The van der Waals surface area contributed by atoms with E-state index in [1.807, 2.05) is 18.3 Å². The Labute approximate surface area is 187 Å². The molecule has 4 aromatic rings. The summed E-state index contributed by atoms with van der Waals surface area (Å²) in [7, 11) is 0. The highest BCUT2D eigenvalue weighted by Gasteiger charge is 2.22. The third-order valence-electron chi connectivity index (χ3n) is 5.93. The number of piperazine rings is 1. The van der Waals surface area contributed by atoms with Gasteiger partial charge >= 0.3 is 0 Å². The van der Waals surface area contributed by atoms with Crippen LogP contribution < -0.4 is 9.80 Å². The van der Waals surface area contributed by atoms with Crippen LogP contribution in [-0.2, 0) is 6.42 Å². The van der Waals surface area contributed by atoms with E-state index in [9.17, 15) is 0 Å². The van der Waals surface area contributed by atoms with E-state index < -0.39 is 0 Å². The zero-order chi connectivity index (χ0) is 21.2. The molecule has 0 aliphatic carbocycles. The van der Waals surface area contributed by atoms with Crippen molar-refractivity contribution < 1.29 is 0 Å². The molecule has 0 saturated carbocycles. The summed E-state index contributed by atoms with van der Waals surface area (Å²) in [6.45, 7) is 5.78. The second-order valence-electron chi connectivity index (χ2n) is 7.96. The van der Waals surface area contributed by atoms with Gasteiger partial charge in [0, 0.05) is 66.5 Å². The molecule has 0 amide bonds. The maximum absolute atomic E-state index is 6.24. The van der Waals surface area contributed by atoms with E-state index in [1.54, 1.807) is 6.20 Å². The van der Waals surface area contributed by atoms with Crippen LogP contribution in [0.25, 0.3) is 10.8 Å². The standard InChI is InChI=1S/C25H24ClN5/c1-18-8-9-20(26)16-24(18)30-11-13-31(14-12-30)25-22-7-3-2-6-21(22)23(28-29-25)15-19-5-4-10-27-17-19/h2-10,16-17H,11-15H2,1H3. The van der Waals surface area contributed by atoms with Crippen molar-refractivity contribution >= 4 is 33.9 Å². The highest BCUT2D eigenvalue weighted by molar-refractivity contribution is 6.30. The largest absolute Gasteiger partial charge is 0.368 e. The van der Waals surface area contributed by atoms with Gasteiger partial charge in [0.1, 0.15) is 0 Å². The van der Waals surface area contributed by atoms with Crippen molar-refractivity contribution in [3.8, 4) is 0 Å². The second kappa shape index (κ2) is 8.52. The smallest absolute Gasteiger partial charge is 0.159 e. The summed E-state index contributed by atoms with van der Waals surface area (Å²) in [5.41, 5.74) is 4.60. The molecule has 3 heterocycles. The molecule has 0 atom stereocenters. The first-order chi connectivity index (χ1) is 15.2. The lowest BCUT2D eigenvalue weighted by atomic mass is 10.0. The number of rotatable bonds is 4. The Morgan fingerprint density at radius 2 is 1.65 bits per heavy atom. The van der Waals surface area contributed by atoms with Crippen LogP contribution in [-0.4, -0.2) is 41.4 Å². The van der Waals surface area contributed by atoms with E-state index in [1.165, 1.54) is 11.3 Å². The molecule has 31 heavy (non-hydrogen) atoms. The van der Waals surface area contributed by atoms with Gasteiger partial charge in [-0.2, -0.15) is 5.10 Å². The van der Waals surface area contributed by atoms with Gasteiger partial charge in [-0.25, -0.2) is 0 Å². The lowest BCUT2D eigenvalue weighted by molar-refractivity contribution is 0.644. The fourth-order valence-corrected chi connectivity index (χ4v) is 4.45. The molecule has 1 fully saturated rings. The number of halogens is 1. The number of hydrogen-bond acceptors (Lipinski definition) is 5. The molecule has 0 radical (unpaired) electrons. The minimum absolute atomic E-state index is 0.726. The molecule has 1 saturated heterocycles. The van der Waals surface area contributed by atoms with E-state index in [-0.39, 0.29) is 0 Å². The molecule has 0 unspecified atom stereocenters. The van der Waals surface area contributed by atoms with Crippen LogP contribution in [0.15, 0.2) is 67.0 Å². The molecule has 5 nitrogen and oxygen atoms in total. The van der Waals surface area contributed by atoms with Gasteiger partial charge in [-0.1, -0.05) is 48.0 Å². The summed E-state index contributed by atoms with van der Waals surface area (Å²) < 4.78 is 0. The Morgan fingerprint density at radius 1 is 0.871 bits per heavy atom. The van der Waals surface area contributed by atoms with Gasteiger partial charge in [0.25, 0.3) is 0 Å². The monoisotopic (exact) mass is 429 g/mol. The predicted molar refractivity (Wildman–Crippen MR) is 127 cm³/mol. The average molecular weight is 430 g/mol. The lowest BCUT2D eigenvalue weighted by Gasteiger charge is -2.37.